The van der Waals surface area contributed by atoms with Crippen LogP contribution in [0, 0.1) is 0 Å². The van der Waals surface area contributed by atoms with Crippen molar-refractivity contribution in [3.63, 3.8) is 0 Å². The first kappa shape index (κ1) is 14.2. The quantitative estimate of drug-likeness (QED) is 0.224. The number of aliphatic hydroxyl groups excluding tert-OH is 3. The van der Waals surface area contributed by atoms with E-state index >= 15 is 0 Å². The van der Waals surface area contributed by atoms with Gasteiger partial charge in [0.15, 0.2) is 12.0 Å². The molecule has 10 heteroatoms. The van der Waals surface area contributed by atoms with Gasteiger partial charge in [-0.1, -0.05) is 22.6 Å². The van der Waals surface area contributed by atoms with E-state index in [2.05, 4.69) is 38.0 Å². The van der Waals surface area contributed by atoms with Gasteiger partial charge in [0.2, 0.25) is 0 Å². The lowest BCUT2D eigenvalue weighted by atomic mass is 10.1. The van der Waals surface area contributed by atoms with E-state index in [-0.39, 0.29) is 10.7 Å². The number of hydrogen-bond donors (Lipinski definition) is 5. The van der Waals surface area contributed by atoms with Crippen molar-refractivity contribution in [1.29, 1.82) is 0 Å². The maximum atomic E-state index is 10.1. The number of nitrogen functional groups attached to an aromatic ring is 1. The molecule has 6 N–H and O–H groups in total. The van der Waals surface area contributed by atoms with Crippen LogP contribution in [0.2, 0.25) is 0 Å². The Morgan fingerprint density at radius 2 is 2.15 bits per heavy atom. The van der Waals surface area contributed by atoms with Crippen LogP contribution in [0.4, 0.5) is 11.6 Å². The van der Waals surface area contributed by atoms with Gasteiger partial charge in [-0.05, 0) is 0 Å². The lowest BCUT2D eigenvalue weighted by Crippen LogP contribution is -2.49. The minimum absolute atomic E-state index is 0.176. The molecule has 9 nitrogen and oxygen atoms in total. The second-order valence-electron chi connectivity index (χ2n) is 4.59. The molecule has 2 aliphatic rings. The Balaban J connectivity index is 1.93. The van der Waals surface area contributed by atoms with Crippen LogP contribution in [0.3, 0.4) is 0 Å². The molecule has 0 radical (unpaired) electrons. The molecule has 20 heavy (non-hydrogen) atoms. The lowest BCUT2D eigenvalue weighted by molar-refractivity contribution is -0.0249. The number of halogens is 1. The molecule has 0 spiro atoms. The summed E-state index contributed by atoms with van der Waals surface area (Å²) in [5.41, 5.74) is 9.58. The zero-order valence-corrected chi connectivity index (χ0v) is 12.4. The maximum absolute atomic E-state index is 10.1. The summed E-state index contributed by atoms with van der Waals surface area (Å²) < 4.78 is 5.30. The third-order valence-electron chi connectivity index (χ3n) is 3.40. The topological polar surface area (TPSA) is 137 Å². The molecule has 1 saturated heterocycles. The van der Waals surface area contributed by atoms with Crippen molar-refractivity contribution in [2.45, 2.75) is 28.6 Å². The Hall–Kier alpha value is -0.790. The molecule has 1 unspecified atom stereocenters. The summed E-state index contributed by atoms with van der Waals surface area (Å²) in [5, 5.41) is 30.5. The number of fused-ring (bicyclic) bond motifs is 1. The van der Waals surface area contributed by atoms with Crippen LogP contribution in [0.5, 0.6) is 0 Å². The minimum atomic E-state index is -1.18. The van der Waals surface area contributed by atoms with Crippen molar-refractivity contribution in [2.75, 3.05) is 17.3 Å². The van der Waals surface area contributed by atoms with Crippen molar-refractivity contribution >= 4 is 34.2 Å². The molecule has 2 aliphatic heterocycles. The van der Waals surface area contributed by atoms with Crippen molar-refractivity contribution < 1.29 is 20.1 Å². The fourth-order valence-electron chi connectivity index (χ4n) is 2.37. The number of aromatic nitrogens is 2. The van der Waals surface area contributed by atoms with Crippen LogP contribution in [-0.2, 0) is 4.74 Å². The van der Waals surface area contributed by atoms with Gasteiger partial charge in [-0.15, -0.1) is 0 Å². The number of nitrogens with one attached hydrogen (secondary N) is 1. The number of hydrogen-bond acceptors (Lipinski definition) is 9. The Labute approximate surface area is 127 Å². The monoisotopic (exact) mass is 395 g/mol. The van der Waals surface area contributed by atoms with Gasteiger partial charge in [0.25, 0.3) is 0 Å². The molecule has 0 amide bonds. The molecule has 0 saturated carbocycles. The van der Waals surface area contributed by atoms with Gasteiger partial charge in [-0.2, -0.15) is 0 Å². The van der Waals surface area contributed by atoms with Gasteiger partial charge in [-0.3, -0.25) is 5.01 Å². The molecule has 0 bridgehead atoms. The maximum Gasteiger partial charge on any atom is 0.174 e. The molecule has 3 rings (SSSR count). The van der Waals surface area contributed by atoms with E-state index < -0.39 is 24.5 Å². The third kappa shape index (κ3) is 2.03. The Morgan fingerprint density at radius 3 is 2.80 bits per heavy atom. The highest BCUT2D eigenvalue weighted by Gasteiger charge is 2.48. The summed E-state index contributed by atoms with van der Waals surface area (Å²) >= 11 is 2.12. The van der Waals surface area contributed by atoms with E-state index in [1.54, 1.807) is 0 Å². The van der Waals surface area contributed by atoms with Gasteiger partial charge in [-0.25, -0.2) is 15.4 Å². The highest BCUT2D eigenvalue weighted by molar-refractivity contribution is 14.1. The number of nitrogens with two attached hydrogens (primary N) is 1. The molecular formula is C10H14IN5O4. The number of ether oxygens (including phenoxy) is 1. The SMILES string of the molecule is Nc1ncnc2c1C(I)NN2[C@@H]1O[C@H](CO)[C@@H](O)[C@H]1O. The highest BCUT2D eigenvalue weighted by atomic mass is 127. The lowest BCUT2D eigenvalue weighted by Gasteiger charge is -2.27. The Bertz CT molecular complexity index is 520. The van der Waals surface area contributed by atoms with Crippen LogP contribution in [0.1, 0.15) is 9.61 Å². The van der Waals surface area contributed by atoms with E-state index in [0.717, 1.165) is 0 Å². The van der Waals surface area contributed by atoms with E-state index in [9.17, 15) is 10.2 Å². The molecule has 0 aliphatic carbocycles. The largest absolute Gasteiger partial charge is 0.394 e. The van der Waals surface area contributed by atoms with Crippen LogP contribution in [0.25, 0.3) is 0 Å². The molecule has 110 valence electrons. The van der Waals surface area contributed by atoms with Gasteiger partial charge in [0.1, 0.15) is 34.5 Å². The third-order valence-corrected chi connectivity index (χ3v) is 4.30. The number of aliphatic hydroxyl groups is 3. The summed E-state index contributed by atoms with van der Waals surface area (Å²) in [7, 11) is 0. The number of hydrazine groups is 1. The average molecular weight is 395 g/mol. The predicted octanol–water partition coefficient (Wildman–Crippen LogP) is -1.74. The number of anilines is 2. The first-order chi connectivity index (χ1) is 9.54. The Kier molecular flexibility index (Phi) is 3.68. The normalized spacial score (nSPS) is 36.4. The molecule has 1 aromatic heterocycles. The Morgan fingerprint density at radius 1 is 1.40 bits per heavy atom. The summed E-state index contributed by atoms with van der Waals surface area (Å²) in [4.78, 5) is 8.07. The summed E-state index contributed by atoms with van der Waals surface area (Å²) in [6.07, 6.45) is -2.73. The molecule has 3 heterocycles. The van der Waals surface area contributed by atoms with Gasteiger partial charge in [0.05, 0.1) is 12.2 Å². The van der Waals surface area contributed by atoms with Gasteiger partial charge < -0.3 is 25.8 Å². The van der Waals surface area contributed by atoms with Crippen LogP contribution in [0.15, 0.2) is 6.33 Å². The summed E-state index contributed by atoms with van der Waals surface area (Å²) in [6, 6.07) is 0. The fourth-order valence-corrected chi connectivity index (χ4v) is 3.27. The number of nitrogens with zero attached hydrogens (tertiary/aromatic N) is 3. The van der Waals surface area contributed by atoms with E-state index in [0.29, 0.717) is 17.2 Å². The summed E-state index contributed by atoms with van der Waals surface area (Å²) in [6.45, 7) is -0.380. The smallest absolute Gasteiger partial charge is 0.174 e. The van der Waals surface area contributed by atoms with Crippen LogP contribution in [-0.4, -0.2) is 56.4 Å². The number of alkyl halides is 1. The van der Waals surface area contributed by atoms with Crippen LogP contribution >= 0.6 is 22.6 Å². The van der Waals surface area contributed by atoms with Gasteiger partial charge in [0, 0.05) is 0 Å². The first-order valence-corrected chi connectivity index (χ1v) is 7.21. The van der Waals surface area contributed by atoms with Crippen molar-refractivity contribution in [3.8, 4) is 0 Å². The zero-order chi connectivity index (χ0) is 14.4. The molecule has 1 aromatic rings. The highest BCUT2D eigenvalue weighted by Crippen LogP contribution is 2.40. The van der Waals surface area contributed by atoms with Crippen LogP contribution < -0.4 is 16.2 Å². The zero-order valence-electron chi connectivity index (χ0n) is 10.2. The number of rotatable bonds is 2. The average Bonchev–Trinajstić information content (AvgIpc) is 2.90. The fraction of sp³-hybridized carbons (Fsp3) is 0.600. The van der Waals surface area contributed by atoms with E-state index in [1.165, 1.54) is 11.3 Å². The van der Waals surface area contributed by atoms with Crippen molar-refractivity contribution in [3.05, 3.63) is 11.9 Å². The predicted molar refractivity (Wildman–Crippen MR) is 76.6 cm³/mol. The molecule has 1 fully saturated rings. The first-order valence-electron chi connectivity index (χ1n) is 5.97. The van der Waals surface area contributed by atoms with Gasteiger partial charge >= 0.3 is 0 Å². The summed E-state index contributed by atoms with van der Waals surface area (Å²) in [5.74, 6) is 0.836. The standard InChI is InChI=1S/C10H14IN5O4/c11-7-4-8(12)13-2-14-9(4)16(15-7)10-6(19)5(18)3(1-17)20-10/h2-3,5-7,10,15,17-19H,1H2,(H2,12,13,14)/t3-,5-,6-,7?,10-/m1/s1. The minimum Gasteiger partial charge on any atom is -0.394 e. The second kappa shape index (κ2) is 5.20. The molecule has 0 aromatic carbocycles. The van der Waals surface area contributed by atoms with E-state index in [1.807, 2.05) is 0 Å². The molecule has 5 atom stereocenters. The van der Waals surface area contributed by atoms with Crippen molar-refractivity contribution in [2.24, 2.45) is 0 Å². The van der Waals surface area contributed by atoms with E-state index in [4.69, 9.17) is 15.6 Å². The second-order valence-corrected chi connectivity index (χ2v) is 5.83. The van der Waals surface area contributed by atoms with Crippen molar-refractivity contribution in [1.82, 2.24) is 15.4 Å². The molecular weight excluding hydrogens is 381 g/mol.